The highest BCUT2D eigenvalue weighted by molar-refractivity contribution is 5.77. The van der Waals surface area contributed by atoms with Crippen molar-refractivity contribution in [1.82, 2.24) is 24.9 Å². The van der Waals surface area contributed by atoms with E-state index in [0.29, 0.717) is 17.2 Å². The Morgan fingerprint density at radius 3 is 2.59 bits per heavy atom. The van der Waals surface area contributed by atoms with E-state index in [4.69, 9.17) is 5.73 Å². The van der Waals surface area contributed by atoms with Crippen molar-refractivity contribution in [2.45, 2.75) is 6.04 Å². The predicted molar refractivity (Wildman–Crippen MR) is 111 cm³/mol. The zero-order chi connectivity index (χ0) is 22.7. The Hall–Kier alpha value is -4.32. The number of H-pyrrole nitrogens is 1. The van der Waals surface area contributed by atoms with Gasteiger partial charge >= 0.3 is 0 Å². The molecule has 1 aromatic carbocycles. The summed E-state index contributed by atoms with van der Waals surface area (Å²) in [6.45, 7) is 0.0457. The molecule has 0 bridgehead atoms. The quantitative estimate of drug-likeness (QED) is 0.294. The highest BCUT2D eigenvalue weighted by atomic mass is 19.1. The second-order valence-corrected chi connectivity index (χ2v) is 6.64. The monoisotopic (exact) mass is 438 g/mol. The molecule has 0 fully saturated rings. The first-order chi connectivity index (χ1) is 15.5. The lowest BCUT2D eigenvalue weighted by atomic mass is 10.1. The molecule has 4 rings (SSSR count). The summed E-state index contributed by atoms with van der Waals surface area (Å²) in [5.41, 5.74) is 6.39. The predicted octanol–water partition coefficient (Wildman–Crippen LogP) is 3.23. The van der Waals surface area contributed by atoms with E-state index in [1.807, 2.05) is 0 Å². The zero-order valence-electron chi connectivity index (χ0n) is 16.4. The van der Waals surface area contributed by atoms with E-state index in [0.717, 1.165) is 18.3 Å². The van der Waals surface area contributed by atoms with Crippen molar-refractivity contribution in [2.75, 3.05) is 11.9 Å². The summed E-state index contributed by atoms with van der Waals surface area (Å²) < 4.78 is 28.0. The number of aromatic amines is 1. The van der Waals surface area contributed by atoms with Gasteiger partial charge in [0.15, 0.2) is 5.82 Å². The normalized spacial score (nSPS) is 11.8. The molecule has 3 aromatic heterocycles. The number of rotatable bonds is 7. The number of nitrogens with two attached hydrogens (primary N) is 1. The van der Waals surface area contributed by atoms with Crippen LogP contribution in [0.5, 0.6) is 0 Å². The van der Waals surface area contributed by atoms with Gasteiger partial charge in [-0.1, -0.05) is 0 Å². The summed E-state index contributed by atoms with van der Waals surface area (Å²) in [7, 11) is 0. The first kappa shape index (κ1) is 20.9. The van der Waals surface area contributed by atoms with Gasteiger partial charge in [-0.25, -0.2) is 28.7 Å². The maximum Gasteiger partial charge on any atom is 0.287 e. The Labute approximate surface area is 179 Å². The summed E-state index contributed by atoms with van der Waals surface area (Å²) in [6.07, 6.45) is 5.69. The van der Waals surface area contributed by atoms with Crippen LogP contribution in [-0.2, 0) is 0 Å². The van der Waals surface area contributed by atoms with Crippen LogP contribution < -0.4 is 11.1 Å². The number of imidazole rings is 1. The first-order valence-corrected chi connectivity index (χ1v) is 9.35. The number of nitro groups is 1. The van der Waals surface area contributed by atoms with Crippen molar-refractivity contribution in [3.8, 4) is 22.6 Å². The summed E-state index contributed by atoms with van der Waals surface area (Å²) in [5, 5.41) is 13.8. The van der Waals surface area contributed by atoms with E-state index >= 15 is 0 Å². The van der Waals surface area contributed by atoms with E-state index in [1.165, 1.54) is 30.6 Å². The molecular formula is C20H16F2N8O2. The number of aromatic nitrogens is 5. The molecule has 0 saturated carbocycles. The van der Waals surface area contributed by atoms with E-state index in [-0.39, 0.29) is 29.3 Å². The lowest BCUT2D eigenvalue weighted by Crippen LogP contribution is -2.23. The molecular weight excluding hydrogens is 422 g/mol. The molecule has 3 heterocycles. The number of hydrogen-bond acceptors (Lipinski definition) is 8. The lowest BCUT2D eigenvalue weighted by molar-refractivity contribution is -0.385. The molecule has 12 heteroatoms. The minimum Gasteiger partial charge on any atom is -0.359 e. The van der Waals surface area contributed by atoms with Crippen molar-refractivity contribution < 1.29 is 13.7 Å². The van der Waals surface area contributed by atoms with Crippen LogP contribution in [0.4, 0.5) is 20.3 Å². The molecule has 0 aliphatic carbocycles. The van der Waals surface area contributed by atoms with Gasteiger partial charge in [0.2, 0.25) is 0 Å². The molecule has 0 radical (unpaired) electrons. The molecule has 162 valence electrons. The van der Waals surface area contributed by atoms with Crippen molar-refractivity contribution in [3.05, 3.63) is 82.7 Å². The SMILES string of the molecule is NCC(Nc1ccc([N+](=O)[O-])cn1)c1ncc(-c2ncc[nH]2)c(-c2ccc(F)cc2F)n1. The van der Waals surface area contributed by atoms with Gasteiger partial charge in [0.25, 0.3) is 5.69 Å². The molecule has 4 aromatic rings. The molecule has 0 amide bonds. The third-order valence-electron chi connectivity index (χ3n) is 4.58. The van der Waals surface area contributed by atoms with Crippen molar-refractivity contribution in [3.63, 3.8) is 0 Å². The second kappa shape index (κ2) is 8.81. The van der Waals surface area contributed by atoms with Crippen LogP contribution in [0, 0.1) is 21.7 Å². The Balaban J connectivity index is 1.74. The molecule has 32 heavy (non-hydrogen) atoms. The van der Waals surface area contributed by atoms with Gasteiger partial charge < -0.3 is 16.0 Å². The van der Waals surface area contributed by atoms with Crippen molar-refractivity contribution in [1.29, 1.82) is 0 Å². The van der Waals surface area contributed by atoms with Gasteiger partial charge in [-0.3, -0.25) is 10.1 Å². The maximum atomic E-state index is 14.6. The van der Waals surface area contributed by atoms with Crippen LogP contribution in [0.25, 0.3) is 22.6 Å². The second-order valence-electron chi connectivity index (χ2n) is 6.64. The van der Waals surface area contributed by atoms with Gasteiger partial charge in [-0.05, 0) is 18.2 Å². The smallest absolute Gasteiger partial charge is 0.287 e. The fourth-order valence-electron chi connectivity index (χ4n) is 3.02. The van der Waals surface area contributed by atoms with Crippen molar-refractivity contribution >= 4 is 11.5 Å². The van der Waals surface area contributed by atoms with E-state index in [2.05, 4.69) is 30.2 Å². The molecule has 0 aliphatic heterocycles. The Bertz CT molecular complexity index is 1250. The molecule has 1 atom stereocenters. The molecule has 4 N–H and O–H groups in total. The minimum absolute atomic E-state index is 0.0457. The Kier molecular flexibility index (Phi) is 5.77. The summed E-state index contributed by atoms with van der Waals surface area (Å²) in [6, 6.07) is 5.26. The number of nitrogens with one attached hydrogen (secondary N) is 2. The maximum absolute atomic E-state index is 14.6. The average Bonchev–Trinajstić information content (AvgIpc) is 3.32. The number of halogens is 2. The number of nitrogens with zero attached hydrogens (tertiary/aromatic N) is 5. The summed E-state index contributed by atoms with van der Waals surface area (Å²) >= 11 is 0. The first-order valence-electron chi connectivity index (χ1n) is 9.35. The largest absolute Gasteiger partial charge is 0.359 e. The fourth-order valence-corrected chi connectivity index (χ4v) is 3.02. The van der Waals surface area contributed by atoms with Gasteiger partial charge in [0, 0.05) is 42.8 Å². The van der Waals surface area contributed by atoms with Crippen LogP contribution in [0.3, 0.4) is 0 Å². The van der Waals surface area contributed by atoms with Crippen LogP contribution in [0.15, 0.2) is 55.1 Å². The number of hydrogen-bond donors (Lipinski definition) is 3. The Morgan fingerprint density at radius 1 is 1.12 bits per heavy atom. The standard InChI is InChI=1S/C20H16F2N8O2/c21-11-1-3-13(15(22)7-11)18-14(19-24-5-6-25-19)10-27-20(29-18)16(8-23)28-17-4-2-12(9-26-17)30(31)32/h1-7,9-10,16H,8,23H2,(H,24,25)(H,26,28). The van der Waals surface area contributed by atoms with Crippen LogP contribution >= 0.6 is 0 Å². The van der Waals surface area contributed by atoms with Crippen LogP contribution in [-0.4, -0.2) is 36.4 Å². The van der Waals surface area contributed by atoms with Gasteiger partial charge in [-0.15, -0.1) is 0 Å². The molecule has 0 aliphatic rings. The topological polar surface area (TPSA) is 149 Å². The molecule has 0 saturated heterocycles. The van der Waals surface area contributed by atoms with Gasteiger partial charge in [0.05, 0.1) is 22.2 Å². The third kappa shape index (κ3) is 4.25. The Morgan fingerprint density at radius 2 is 1.97 bits per heavy atom. The van der Waals surface area contributed by atoms with Crippen LogP contribution in [0.1, 0.15) is 11.9 Å². The highest BCUT2D eigenvalue weighted by Crippen LogP contribution is 2.31. The fraction of sp³-hybridized carbons (Fsp3) is 0.100. The van der Waals surface area contributed by atoms with E-state index in [1.54, 1.807) is 6.20 Å². The summed E-state index contributed by atoms with van der Waals surface area (Å²) in [5.74, 6) is -0.562. The third-order valence-corrected chi connectivity index (χ3v) is 4.58. The molecule has 0 spiro atoms. The number of benzene rings is 1. The van der Waals surface area contributed by atoms with Gasteiger partial charge in [0.1, 0.15) is 29.5 Å². The average molecular weight is 438 g/mol. The lowest BCUT2D eigenvalue weighted by Gasteiger charge is -2.18. The van der Waals surface area contributed by atoms with Crippen molar-refractivity contribution in [2.24, 2.45) is 5.73 Å². The van der Waals surface area contributed by atoms with E-state index < -0.39 is 22.6 Å². The molecule has 1 unspecified atom stereocenters. The highest BCUT2D eigenvalue weighted by Gasteiger charge is 2.21. The zero-order valence-corrected chi connectivity index (χ0v) is 16.4. The van der Waals surface area contributed by atoms with Crippen LogP contribution in [0.2, 0.25) is 0 Å². The van der Waals surface area contributed by atoms with Gasteiger partial charge in [-0.2, -0.15) is 0 Å². The number of anilines is 1. The minimum atomic E-state index is -0.795. The number of pyridine rings is 1. The molecule has 10 nitrogen and oxygen atoms in total. The van der Waals surface area contributed by atoms with E-state index in [9.17, 15) is 18.9 Å². The summed E-state index contributed by atoms with van der Waals surface area (Å²) in [4.78, 5) is 30.2.